The molecular weight excluding hydrogens is 214 g/mol. The van der Waals surface area contributed by atoms with Gasteiger partial charge in [-0.25, -0.2) is 4.98 Å². The minimum atomic E-state index is -0.0153. The topological polar surface area (TPSA) is 51.4 Å². The molecule has 1 aromatic heterocycles. The van der Waals surface area contributed by atoms with Gasteiger partial charge in [0.1, 0.15) is 5.82 Å². The van der Waals surface area contributed by atoms with Crippen molar-refractivity contribution in [3.8, 4) is 0 Å². The number of rotatable bonds is 3. The van der Waals surface area contributed by atoms with Crippen molar-refractivity contribution >= 4 is 5.82 Å². The van der Waals surface area contributed by atoms with Crippen molar-refractivity contribution in [1.29, 1.82) is 0 Å². The fourth-order valence-electron chi connectivity index (χ4n) is 2.42. The van der Waals surface area contributed by atoms with Crippen LogP contribution in [0.3, 0.4) is 0 Å². The molecule has 4 heteroatoms. The Morgan fingerprint density at radius 1 is 1.53 bits per heavy atom. The normalized spacial score (nSPS) is 26.0. The Kier molecular flexibility index (Phi) is 3.64. The van der Waals surface area contributed by atoms with Crippen molar-refractivity contribution < 1.29 is 4.74 Å². The van der Waals surface area contributed by atoms with E-state index in [1.807, 2.05) is 18.2 Å². The fourth-order valence-corrected chi connectivity index (χ4v) is 2.42. The van der Waals surface area contributed by atoms with Crippen LogP contribution < -0.4 is 5.73 Å². The Bertz CT molecular complexity index is 383. The number of aromatic nitrogens is 1. The molecule has 1 atom stereocenters. The summed E-state index contributed by atoms with van der Waals surface area (Å²) in [5, 5.41) is 0. The lowest BCUT2D eigenvalue weighted by atomic mass is 9.94. The van der Waals surface area contributed by atoms with Gasteiger partial charge < -0.3 is 10.5 Å². The highest BCUT2D eigenvalue weighted by atomic mass is 16.5. The zero-order chi connectivity index (χ0) is 12.3. The first-order valence-corrected chi connectivity index (χ1v) is 6.10. The molecule has 1 saturated heterocycles. The molecule has 94 valence electrons. The van der Waals surface area contributed by atoms with Gasteiger partial charge >= 0.3 is 0 Å². The van der Waals surface area contributed by atoms with E-state index in [1.54, 1.807) is 7.11 Å². The van der Waals surface area contributed by atoms with Crippen molar-refractivity contribution in [1.82, 2.24) is 9.88 Å². The van der Waals surface area contributed by atoms with Gasteiger partial charge in [0, 0.05) is 20.2 Å². The van der Waals surface area contributed by atoms with Gasteiger partial charge in [0.05, 0.1) is 11.3 Å². The van der Waals surface area contributed by atoms with E-state index >= 15 is 0 Å². The summed E-state index contributed by atoms with van der Waals surface area (Å²) in [6.07, 6.45) is 2.30. The third kappa shape index (κ3) is 3.17. The number of hydrogen-bond acceptors (Lipinski definition) is 4. The molecule has 0 amide bonds. The van der Waals surface area contributed by atoms with Crippen LogP contribution in [-0.4, -0.2) is 35.7 Å². The number of piperidine rings is 1. The van der Waals surface area contributed by atoms with Crippen LogP contribution in [0.4, 0.5) is 5.82 Å². The molecule has 2 heterocycles. The van der Waals surface area contributed by atoms with E-state index in [2.05, 4.69) is 16.8 Å². The van der Waals surface area contributed by atoms with Gasteiger partial charge in [-0.3, -0.25) is 4.90 Å². The van der Waals surface area contributed by atoms with Crippen molar-refractivity contribution in [3.05, 3.63) is 23.9 Å². The lowest BCUT2D eigenvalue weighted by Gasteiger charge is -2.39. The molecule has 4 nitrogen and oxygen atoms in total. The monoisotopic (exact) mass is 235 g/mol. The summed E-state index contributed by atoms with van der Waals surface area (Å²) < 4.78 is 5.58. The first-order chi connectivity index (χ1) is 8.11. The molecule has 0 radical (unpaired) electrons. The number of hydrogen-bond donors (Lipinski definition) is 1. The van der Waals surface area contributed by atoms with Gasteiger partial charge in [-0.05, 0) is 38.4 Å². The second-order valence-electron chi connectivity index (χ2n) is 5.02. The number of pyridine rings is 1. The Hall–Kier alpha value is -1.13. The zero-order valence-electron chi connectivity index (χ0n) is 10.6. The maximum absolute atomic E-state index is 5.69. The number of methoxy groups -OCH3 is 1. The van der Waals surface area contributed by atoms with Crippen molar-refractivity contribution in [2.75, 3.05) is 25.9 Å². The molecule has 1 aromatic rings. The van der Waals surface area contributed by atoms with Gasteiger partial charge in [0.25, 0.3) is 0 Å². The number of ether oxygens (including phenoxy) is 1. The third-order valence-corrected chi connectivity index (χ3v) is 3.44. The van der Waals surface area contributed by atoms with Crippen molar-refractivity contribution in [2.45, 2.75) is 31.9 Å². The van der Waals surface area contributed by atoms with E-state index in [1.165, 1.54) is 6.42 Å². The third-order valence-electron chi connectivity index (χ3n) is 3.44. The molecule has 0 saturated carbocycles. The summed E-state index contributed by atoms with van der Waals surface area (Å²) in [5.41, 5.74) is 6.71. The summed E-state index contributed by atoms with van der Waals surface area (Å²) in [6.45, 7) is 5.09. The Balaban J connectivity index is 1.99. The largest absolute Gasteiger partial charge is 0.384 e. The lowest BCUT2D eigenvalue weighted by Crippen LogP contribution is -2.46. The minimum absolute atomic E-state index is 0.0153. The molecule has 1 aliphatic rings. The quantitative estimate of drug-likeness (QED) is 0.865. The number of nitrogens with two attached hydrogens (primary N) is 1. The fraction of sp³-hybridized carbons (Fsp3) is 0.615. The van der Waals surface area contributed by atoms with E-state index in [-0.39, 0.29) is 5.60 Å². The lowest BCUT2D eigenvalue weighted by molar-refractivity contribution is -0.0529. The SMILES string of the molecule is COC1(C)CCCN(Cc2cccc(N)n2)C1. The predicted molar refractivity (Wildman–Crippen MR) is 68.6 cm³/mol. The molecule has 1 aliphatic heterocycles. The summed E-state index contributed by atoms with van der Waals surface area (Å²) >= 11 is 0. The Labute approximate surface area is 103 Å². The molecule has 0 spiro atoms. The highest BCUT2D eigenvalue weighted by molar-refractivity contribution is 5.28. The molecule has 0 bridgehead atoms. The van der Waals surface area contributed by atoms with Gasteiger partial charge in [-0.1, -0.05) is 6.07 Å². The second kappa shape index (κ2) is 5.02. The van der Waals surface area contributed by atoms with Crippen LogP contribution in [0.2, 0.25) is 0 Å². The number of nitrogens with zero attached hydrogens (tertiary/aromatic N) is 2. The maximum Gasteiger partial charge on any atom is 0.123 e. The van der Waals surface area contributed by atoms with E-state index in [0.29, 0.717) is 5.82 Å². The molecule has 2 rings (SSSR count). The maximum atomic E-state index is 5.69. The molecule has 0 aliphatic carbocycles. The highest BCUT2D eigenvalue weighted by Crippen LogP contribution is 2.24. The highest BCUT2D eigenvalue weighted by Gasteiger charge is 2.30. The predicted octanol–water partition coefficient (Wildman–Crippen LogP) is 1.66. The van der Waals surface area contributed by atoms with E-state index in [4.69, 9.17) is 10.5 Å². The van der Waals surface area contributed by atoms with Gasteiger partial charge in [0.2, 0.25) is 0 Å². The molecule has 1 unspecified atom stereocenters. The summed E-state index contributed by atoms with van der Waals surface area (Å²) in [6, 6.07) is 5.80. The van der Waals surface area contributed by atoms with Crippen LogP contribution in [0.25, 0.3) is 0 Å². The summed E-state index contributed by atoms with van der Waals surface area (Å²) in [4.78, 5) is 6.72. The van der Waals surface area contributed by atoms with E-state index in [9.17, 15) is 0 Å². The van der Waals surface area contributed by atoms with Crippen LogP contribution >= 0.6 is 0 Å². The standard InChI is InChI=1S/C13H21N3O/c1-13(17-2)7-4-8-16(10-13)9-11-5-3-6-12(14)15-11/h3,5-6H,4,7-10H2,1-2H3,(H2,14,15). The van der Waals surface area contributed by atoms with Gasteiger partial charge in [-0.15, -0.1) is 0 Å². The molecule has 2 N–H and O–H groups in total. The number of nitrogen functional groups attached to an aromatic ring is 1. The first kappa shape index (κ1) is 12.3. The van der Waals surface area contributed by atoms with Crippen LogP contribution in [0.15, 0.2) is 18.2 Å². The van der Waals surface area contributed by atoms with Crippen LogP contribution in [0.1, 0.15) is 25.5 Å². The Morgan fingerprint density at radius 3 is 3.06 bits per heavy atom. The number of likely N-dealkylation sites (tertiary alicyclic amines) is 1. The van der Waals surface area contributed by atoms with Crippen molar-refractivity contribution in [2.24, 2.45) is 0 Å². The minimum Gasteiger partial charge on any atom is -0.384 e. The molecular formula is C13H21N3O. The van der Waals surface area contributed by atoms with Crippen LogP contribution in [0, 0.1) is 0 Å². The Morgan fingerprint density at radius 2 is 2.35 bits per heavy atom. The number of anilines is 1. The summed E-state index contributed by atoms with van der Waals surface area (Å²) in [7, 11) is 1.79. The van der Waals surface area contributed by atoms with Crippen LogP contribution in [-0.2, 0) is 11.3 Å². The zero-order valence-corrected chi connectivity index (χ0v) is 10.6. The van der Waals surface area contributed by atoms with Gasteiger partial charge in [-0.2, -0.15) is 0 Å². The summed E-state index contributed by atoms with van der Waals surface area (Å²) in [5.74, 6) is 0.592. The van der Waals surface area contributed by atoms with Crippen LogP contribution in [0.5, 0.6) is 0 Å². The first-order valence-electron chi connectivity index (χ1n) is 6.10. The van der Waals surface area contributed by atoms with E-state index < -0.39 is 0 Å². The van der Waals surface area contributed by atoms with Crippen molar-refractivity contribution in [3.63, 3.8) is 0 Å². The molecule has 17 heavy (non-hydrogen) atoms. The second-order valence-corrected chi connectivity index (χ2v) is 5.02. The average Bonchev–Trinajstić information content (AvgIpc) is 2.29. The van der Waals surface area contributed by atoms with E-state index in [0.717, 1.165) is 31.7 Å². The van der Waals surface area contributed by atoms with Gasteiger partial charge in [0.15, 0.2) is 0 Å². The smallest absolute Gasteiger partial charge is 0.123 e. The average molecular weight is 235 g/mol. The molecule has 0 aromatic carbocycles. The molecule has 1 fully saturated rings.